The molecule has 0 bridgehead atoms. The molecule has 0 aliphatic carbocycles. The van der Waals surface area contributed by atoms with Crippen molar-refractivity contribution in [2.75, 3.05) is 0 Å². The lowest BCUT2D eigenvalue weighted by Gasteiger charge is -2.09. The number of hydrogen-bond acceptors (Lipinski definition) is 3. The molecule has 28 heavy (non-hydrogen) atoms. The Bertz CT molecular complexity index is 1020. The fourth-order valence-corrected chi connectivity index (χ4v) is 2.95. The quantitative estimate of drug-likeness (QED) is 0.647. The molecule has 3 aromatic rings. The Morgan fingerprint density at radius 1 is 1.18 bits per heavy atom. The van der Waals surface area contributed by atoms with E-state index in [1.807, 2.05) is 0 Å². The van der Waals surface area contributed by atoms with Gasteiger partial charge in [0.1, 0.15) is 0 Å². The maximum Gasteiger partial charge on any atom is 0.417 e. The van der Waals surface area contributed by atoms with Crippen molar-refractivity contribution in [3.05, 3.63) is 75.2 Å². The minimum atomic E-state index is -4.47. The second kappa shape index (κ2) is 7.81. The minimum Gasteiger partial charge on any atom is -0.348 e. The normalized spacial score (nSPS) is 11.5. The molecule has 0 aliphatic heterocycles. The summed E-state index contributed by atoms with van der Waals surface area (Å²) < 4.78 is 39.3. The SMILES string of the molecule is Cc1c(C(=O)NCc2ccc(Cl)cc2Cl)cnn1-c1ccc(C(F)(F)F)cn1. The fraction of sp³-hybridized carbons (Fsp3) is 0.167. The number of amides is 1. The topological polar surface area (TPSA) is 59.8 Å². The van der Waals surface area contributed by atoms with E-state index in [9.17, 15) is 18.0 Å². The Labute approximate surface area is 168 Å². The third-order valence-electron chi connectivity index (χ3n) is 4.00. The summed E-state index contributed by atoms with van der Waals surface area (Å²) in [6, 6.07) is 7.04. The van der Waals surface area contributed by atoms with Gasteiger partial charge in [-0.25, -0.2) is 9.67 Å². The van der Waals surface area contributed by atoms with Crippen LogP contribution in [0.25, 0.3) is 5.82 Å². The van der Waals surface area contributed by atoms with Gasteiger partial charge in [-0.05, 0) is 36.8 Å². The molecule has 1 amide bonds. The van der Waals surface area contributed by atoms with Gasteiger partial charge >= 0.3 is 6.18 Å². The molecule has 0 radical (unpaired) electrons. The van der Waals surface area contributed by atoms with Crippen molar-refractivity contribution in [3.63, 3.8) is 0 Å². The highest BCUT2D eigenvalue weighted by Gasteiger charge is 2.30. The third-order valence-corrected chi connectivity index (χ3v) is 4.59. The van der Waals surface area contributed by atoms with Gasteiger partial charge in [0.05, 0.1) is 23.0 Å². The van der Waals surface area contributed by atoms with Crippen molar-refractivity contribution in [1.29, 1.82) is 0 Å². The number of carbonyl (C=O) groups excluding carboxylic acids is 1. The standard InChI is InChI=1S/C18H13Cl2F3N4O/c1-10-14(17(28)25-7-11-2-4-13(19)6-15(11)20)9-26-27(10)16-5-3-12(8-24-16)18(21,22)23/h2-6,8-9H,7H2,1H3,(H,25,28). The molecule has 0 fully saturated rings. The number of halogens is 5. The average molecular weight is 429 g/mol. The number of alkyl halides is 3. The molecule has 146 valence electrons. The Hall–Kier alpha value is -2.58. The van der Waals surface area contributed by atoms with Crippen LogP contribution in [-0.4, -0.2) is 20.7 Å². The molecular weight excluding hydrogens is 416 g/mol. The molecular formula is C18H13Cl2F3N4O. The predicted molar refractivity (Wildman–Crippen MR) is 98.7 cm³/mol. The molecule has 5 nitrogen and oxygen atoms in total. The summed E-state index contributed by atoms with van der Waals surface area (Å²) >= 11 is 11.9. The van der Waals surface area contributed by atoms with Gasteiger partial charge in [-0.15, -0.1) is 0 Å². The van der Waals surface area contributed by atoms with E-state index < -0.39 is 17.6 Å². The lowest BCUT2D eigenvalue weighted by atomic mass is 10.2. The van der Waals surface area contributed by atoms with Gasteiger partial charge in [-0.2, -0.15) is 18.3 Å². The van der Waals surface area contributed by atoms with Crippen LogP contribution < -0.4 is 5.32 Å². The number of hydrogen-bond donors (Lipinski definition) is 1. The van der Waals surface area contributed by atoms with Crippen molar-refractivity contribution >= 4 is 29.1 Å². The molecule has 0 saturated carbocycles. The van der Waals surface area contributed by atoms with Crippen molar-refractivity contribution in [2.24, 2.45) is 0 Å². The van der Waals surface area contributed by atoms with E-state index in [0.29, 0.717) is 21.3 Å². The molecule has 0 aliphatic rings. The highest BCUT2D eigenvalue weighted by Crippen LogP contribution is 2.29. The summed E-state index contributed by atoms with van der Waals surface area (Å²) in [6.45, 7) is 1.80. The van der Waals surface area contributed by atoms with Crippen molar-refractivity contribution in [3.8, 4) is 5.82 Å². The molecule has 3 rings (SSSR count). The molecule has 1 aromatic carbocycles. The molecule has 0 atom stereocenters. The zero-order valence-corrected chi connectivity index (χ0v) is 15.9. The number of nitrogens with zero attached hydrogens (tertiary/aromatic N) is 3. The van der Waals surface area contributed by atoms with Crippen LogP contribution >= 0.6 is 23.2 Å². The number of pyridine rings is 1. The van der Waals surface area contributed by atoms with Crippen LogP contribution in [0.2, 0.25) is 10.0 Å². The Kier molecular flexibility index (Phi) is 5.62. The number of nitrogens with one attached hydrogen (secondary N) is 1. The number of benzene rings is 1. The first-order chi connectivity index (χ1) is 13.2. The van der Waals surface area contributed by atoms with Crippen LogP contribution in [-0.2, 0) is 12.7 Å². The Morgan fingerprint density at radius 3 is 2.54 bits per heavy atom. The van der Waals surface area contributed by atoms with E-state index in [1.54, 1.807) is 25.1 Å². The van der Waals surface area contributed by atoms with E-state index in [-0.39, 0.29) is 17.9 Å². The molecule has 0 saturated heterocycles. The van der Waals surface area contributed by atoms with Gasteiger partial charge in [-0.1, -0.05) is 29.3 Å². The highest BCUT2D eigenvalue weighted by atomic mass is 35.5. The second-order valence-corrected chi connectivity index (χ2v) is 6.72. The first-order valence-electron chi connectivity index (χ1n) is 7.97. The molecule has 10 heteroatoms. The summed E-state index contributed by atoms with van der Waals surface area (Å²) in [6.07, 6.45) is -2.43. The molecule has 2 aromatic heterocycles. The van der Waals surface area contributed by atoms with Gasteiger partial charge < -0.3 is 5.32 Å². The van der Waals surface area contributed by atoms with E-state index in [1.165, 1.54) is 16.9 Å². The first-order valence-corrected chi connectivity index (χ1v) is 8.73. The summed E-state index contributed by atoms with van der Waals surface area (Å²) in [7, 11) is 0. The third kappa shape index (κ3) is 4.28. The van der Waals surface area contributed by atoms with Gasteiger partial charge in [0.2, 0.25) is 0 Å². The van der Waals surface area contributed by atoms with Gasteiger partial charge in [0.25, 0.3) is 5.91 Å². The van der Waals surface area contributed by atoms with Gasteiger partial charge in [0, 0.05) is 22.8 Å². The first kappa shape index (κ1) is 20.2. The average Bonchev–Trinajstić information content (AvgIpc) is 3.01. The van der Waals surface area contributed by atoms with Crippen LogP contribution in [0.5, 0.6) is 0 Å². The minimum absolute atomic E-state index is 0.172. The van der Waals surface area contributed by atoms with Crippen LogP contribution in [0, 0.1) is 6.92 Å². The van der Waals surface area contributed by atoms with Crippen LogP contribution in [0.3, 0.4) is 0 Å². The summed E-state index contributed by atoms with van der Waals surface area (Å²) in [5.74, 6) is -0.230. The molecule has 0 unspecified atom stereocenters. The number of aromatic nitrogens is 3. The van der Waals surface area contributed by atoms with E-state index in [0.717, 1.165) is 12.3 Å². The summed E-state index contributed by atoms with van der Waals surface area (Å²) in [5.41, 5.74) is 0.534. The van der Waals surface area contributed by atoms with Gasteiger partial charge in [-0.3, -0.25) is 4.79 Å². The van der Waals surface area contributed by atoms with Crippen LogP contribution in [0.15, 0.2) is 42.7 Å². The van der Waals surface area contributed by atoms with E-state index in [4.69, 9.17) is 23.2 Å². The molecule has 1 N–H and O–H groups in total. The largest absolute Gasteiger partial charge is 0.417 e. The van der Waals surface area contributed by atoms with Crippen molar-refractivity contribution in [1.82, 2.24) is 20.1 Å². The maximum atomic E-state index is 12.7. The number of rotatable bonds is 4. The number of carbonyl (C=O) groups is 1. The second-order valence-electron chi connectivity index (χ2n) is 5.88. The van der Waals surface area contributed by atoms with Crippen LogP contribution in [0.1, 0.15) is 27.2 Å². The van der Waals surface area contributed by atoms with Crippen molar-refractivity contribution < 1.29 is 18.0 Å². The summed E-state index contributed by atoms with van der Waals surface area (Å²) in [5, 5.41) is 7.69. The molecule has 0 spiro atoms. The lowest BCUT2D eigenvalue weighted by Crippen LogP contribution is -2.23. The molecule has 2 heterocycles. The zero-order valence-electron chi connectivity index (χ0n) is 14.4. The van der Waals surface area contributed by atoms with Crippen molar-refractivity contribution in [2.45, 2.75) is 19.6 Å². The maximum absolute atomic E-state index is 12.7. The Morgan fingerprint density at radius 2 is 1.93 bits per heavy atom. The zero-order chi connectivity index (χ0) is 20.5. The monoisotopic (exact) mass is 428 g/mol. The van der Waals surface area contributed by atoms with E-state index in [2.05, 4.69) is 15.4 Å². The fourth-order valence-electron chi connectivity index (χ4n) is 2.48. The smallest absolute Gasteiger partial charge is 0.348 e. The summed E-state index contributed by atoms with van der Waals surface area (Å²) in [4.78, 5) is 16.2. The lowest BCUT2D eigenvalue weighted by molar-refractivity contribution is -0.137. The van der Waals surface area contributed by atoms with E-state index >= 15 is 0 Å². The van der Waals surface area contributed by atoms with Crippen LogP contribution in [0.4, 0.5) is 13.2 Å². The highest BCUT2D eigenvalue weighted by molar-refractivity contribution is 6.35. The predicted octanol–water partition coefficient (Wildman–Crippen LogP) is 4.83. The van der Waals surface area contributed by atoms with Gasteiger partial charge in [0.15, 0.2) is 5.82 Å². The Balaban J connectivity index is 1.76.